The molecule has 0 aliphatic carbocycles. The molecule has 2 aromatic rings. The highest BCUT2D eigenvalue weighted by Gasteiger charge is 2.07. The van der Waals surface area contributed by atoms with Crippen LogP contribution in [0.15, 0.2) is 42.5 Å². The van der Waals surface area contributed by atoms with E-state index in [1.807, 2.05) is 50.2 Å². The lowest BCUT2D eigenvalue weighted by atomic mass is 10.2. The number of ether oxygens (including phenoxy) is 1. The fourth-order valence-electron chi connectivity index (χ4n) is 1.76. The molecule has 1 amide bonds. The minimum absolute atomic E-state index is 0.0719. The van der Waals surface area contributed by atoms with E-state index < -0.39 is 0 Å². The Balaban J connectivity index is 1.96. The summed E-state index contributed by atoms with van der Waals surface area (Å²) in [6.45, 7) is 3.81. The Morgan fingerprint density at radius 3 is 2.70 bits per heavy atom. The predicted molar refractivity (Wildman–Crippen MR) is 81.5 cm³/mol. The van der Waals surface area contributed by atoms with E-state index in [1.165, 1.54) is 0 Å². The summed E-state index contributed by atoms with van der Waals surface area (Å²) in [6.07, 6.45) is 0. The molecule has 0 aliphatic heterocycles. The predicted octanol–water partition coefficient (Wildman–Crippen LogP) is 3.97. The van der Waals surface area contributed by atoms with Gasteiger partial charge in [0.05, 0.1) is 5.02 Å². The largest absolute Gasteiger partial charge is 0.482 e. The smallest absolute Gasteiger partial charge is 0.262 e. The number of benzene rings is 2. The fourth-order valence-corrected chi connectivity index (χ4v) is 1.94. The van der Waals surface area contributed by atoms with Crippen LogP contribution in [0.2, 0.25) is 5.02 Å². The maximum atomic E-state index is 11.9. The third-order valence-electron chi connectivity index (χ3n) is 2.86. The van der Waals surface area contributed by atoms with Crippen LogP contribution in [0.3, 0.4) is 0 Å². The lowest BCUT2D eigenvalue weighted by Crippen LogP contribution is -2.20. The summed E-state index contributed by atoms with van der Waals surface area (Å²) in [4.78, 5) is 11.9. The van der Waals surface area contributed by atoms with E-state index in [4.69, 9.17) is 16.3 Å². The van der Waals surface area contributed by atoms with Gasteiger partial charge in [-0.15, -0.1) is 0 Å². The Labute approximate surface area is 123 Å². The minimum atomic E-state index is -0.211. The molecule has 0 heterocycles. The van der Waals surface area contributed by atoms with Crippen molar-refractivity contribution in [3.8, 4) is 5.75 Å². The van der Waals surface area contributed by atoms with Gasteiger partial charge >= 0.3 is 0 Å². The molecule has 2 rings (SSSR count). The Kier molecular flexibility index (Phi) is 4.64. The average molecular weight is 290 g/mol. The molecule has 3 nitrogen and oxygen atoms in total. The van der Waals surface area contributed by atoms with Gasteiger partial charge < -0.3 is 10.1 Å². The van der Waals surface area contributed by atoms with Crippen molar-refractivity contribution in [1.82, 2.24) is 0 Å². The van der Waals surface area contributed by atoms with Gasteiger partial charge in [-0.3, -0.25) is 4.79 Å². The number of para-hydroxylation sites is 1. The lowest BCUT2D eigenvalue weighted by molar-refractivity contribution is -0.118. The Morgan fingerprint density at radius 2 is 1.95 bits per heavy atom. The molecule has 0 unspecified atom stereocenters. The van der Waals surface area contributed by atoms with Crippen molar-refractivity contribution in [2.24, 2.45) is 0 Å². The molecule has 0 aromatic heterocycles. The van der Waals surface area contributed by atoms with Crippen LogP contribution >= 0.6 is 11.6 Å². The molecule has 1 N–H and O–H groups in total. The van der Waals surface area contributed by atoms with Crippen molar-refractivity contribution in [2.45, 2.75) is 13.8 Å². The zero-order valence-corrected chi connectivity index (χ0v) is 12.2. The number of carbonyl (C=O) groups excluding carboxylic acids is 1. The molecule has 104 valence electrons. The SMILES string of the molecule is Cc1ccc(Cl)c(OCC(=O)Nc2ccccc2C)c1. The monoisotopic (exact) mass is 289 g/mol. The number of anilines is 1. The van der Waals surface area contributed by atoms with Crippen molar-refractivity contribution in [1.29, 1.82) is 0 Å². The molecular weight excluding hydrogens is 274 g/mol. The maximum absolute atomic E-state index is 11.9. The summed E-state index contributed by atoms with van der Waals surface area (Å²) in [6, 6.07) is 13.0. The van der Waals surface area contributed by atoms with Crippen LogP contribution in [-0.2, 0) is 4.79 Å². The third-order valence-corrected chi connectivity index (χ3v) is 3.18. The third kappa shape index (κ3) is 3.75. The van der Waals surface area contributed by atoms with Gasteiger partial charge in [0.25, 0.3) is 5.91 Å². The van der Waals surface area contributed by atoms with Gasteiger partial charge in [0.2, 0.25) is 0 Å². The Hall–Kier alpha value is -2.00. The molecule has 0 aliphatic rings. The van der Waals surface area contributed by atoms with Crippen LogP contribution in [-0.4, -0.2) is 12.5 Å². The van der Waals surface area contributed by atoms with Crippen LogP contribution in [0.1, 0.15) is 11.1 Å². The number of aryl methyl sites for hydroxylation is 2. The highest BCUT2D eigenvalue weighted by atomic mass is 35.5. The molecule has 4 heteroatoms. The summed E-state index contributed by atoms with van der Waals surface area (Å²) in [5.74, 6) is 0.309. The number of amides is 1. The van der Waals surface area contributed by atoms with Crippen molar-refractivity contribution in [2.75, 3.05) is 11.9 Å². The van der Waals surface area contributed by atoms with Gasteiger partial charge in [-0.1, -0.05) is 35.9 Å². The van der Waals surface area contributed by atoms with E-state index in [-0.39, 0.29) is 12.5 Å². The van der Waals surface area contributed by atoms with E-state index >= 15 is 0 Å². The molecule has 2 aromatic carbocycles. The fraction of sp³-hybridized carbons (Fsp3) is 0.188. The first-order chi connectivity index (χ1) is 9.56. The summed E-state index contributed by atoms with van der Waals surface area (Å²) in [5, 5.41) is 3.31. The van der Waals surface area contributed by atoms with Crippen LogP contribution in [0, 0.1) is 13.8 Å². The molecule has 0 radical (unpaired) electrons. The Bertz CT molecular complexity index is 626. The summed E-state index contributed by atoms with van der Waals surface area (Å²) in [7, 11) is 0. The number of carbonyl (C=O) groups is 1. The van der Waals surface area contributed by atoms with Crippen molar-refractivity contribution in [3.05, 3.63) is 58.6 Å². The van der Waals surface area contributed by atoms with Gasteiger partial charge in [0.1, 0.15) is 5.75 Å². The first-order valence-corrected chi connectivity index (χ1v) is 6.68. The quantitative estimate of drug-likeness (QED) is 0.925. The second-order valence-electron chi connectivity index (χ2n) is 4.59. The molecule has 20 heavy (non-hydrogen) atoms. The maximum Gasteiger partial charge on any atom is 0.262 e. The van der Waals surface area contributed by atoms with Gasteiger partial charge in [0, 0.05) is 5.69 Å². The topological polar surface area (TPSA) is 38.3 Å². The average Bonchev–Trinajstić information content (AvgIpc) is 2.42. The molecule has 0 saturated heterocycles. The first-order valence-electron chi connectivity index (χ1n) is 6.30. The first kappa shape index (κ1) is 14.4. The van der Waals surface area contributed by atoms with Crippen LogP contribution in [0.4, 0.5) is 5.69 Å². The summed E-state index contributed by atoms with van der Waals surface area (Å²) >= 11 is 6.01. The number of hydrogen-bond donors (Lipinski definition) is 1. The minimum Gasteiger partial charge on any atom is -0.482 e. The van der Waals surface area contributed by atoms with E-state index in [0.717, 1.165) is 16.8 Å². The van der Waals surface area contributed by atoms with E-state index in [2.05, 4.69) is 5.32 Å². The van der Waals surface area contributed by atoms with Crippen molar-refractivity contribution >= 4 is 23.2 Å². The van der Waals surface area contributed by atoms with Gasteiger partial charge in [0.15, 0.2) is 6.61 Å². The second kappa shape index (κ2) is 6.44. The number of rotatable bonds is 4. The van der Waals surface area contributed by atoms with Crippen molar-refractivity contribution in [3.63, 3.8) is 0 Å². The second-order valence-corrected chi connectivity index (χ2v) is 4.99. The van der Waals surface area contributed by atoms with Crippen LogP contribution in [0.5, 0.6) is 5.75 Å². The van der Waals surface area contributed by atoms with E-state index in [9.17, 15) is 4.79 Å². The number of hydrogen-bond acceptors (Lipinski definition) is 2. The summed E-state index contributed by atoms with van der Waals surface area (Å²) < 4.78 is 5.45. The Morgan fingerprint density at radius 1 is 1.20 bits per heavy atom. The molecule has 0 fully saturated rings. The van der Waals surface area contributed by atoms with Crippen molar-refractivity contribution < 1.29 is 9.53 Å². The highest BCUT2D eigenvalue weighted by Crippen LogP contribution is 2.25. The highest BCUT2D eigenvalue weighted by molar-refractivity contribution is 6.32. The zero-order chi connectivity index (χ0) is 14.5. The van der Waals surface area contributed by atoms with Crippen LogP contribution in [0.25, 0.3) is 0 Å². The van der Waals surface area contributed by atoms with Gasteiger partial charge in [-0.25, -0.2) is 0 Å². The molecular formula is C16H16ClNO2. The van der Waals surface area contributed by atoms with Gasteiger partial charge in [-0.05, 0) is 43.2 Å². The molecule has 0 saturated carbocycles. The molecule has 0 atom stereocenters. The summed E-state index contributed by atoms with van der Waals surface area (Å²) in [5.41, 5.74) is 2.83. The van der Waals surface area contributed by atoms with Gasteiger partial charge in [-0.2, -0.15) is 0 Å². The van der Waals surface area contributed by atoms with Crippen LogP contribution < -0.4 is 10.1 Å². The lowest BCUT2D eigenvalue weighted by Gasteiger charge is -2.10. The van der Waals surface area contributed by atoms with E-state index in [1.54, 1.807) is 6.07 Å². The molecule has 0 spiro atoms. The normalized spacial score (nSPS) is 10.2. The number of nitrogens with one attached hydrogen (secondary N) is 1. The standard InChI is InChI=1S/C16H16ClNO2/c1-11-7-8-13(17)15(9-11)20-10-16(19)18-14-6-4-3-5-12(14)2/h3-9H,10H2,1-2H3,(H,18,19). The van der Waals surface area contributed by atoms with E-state index in [0.29, 0.717) is 10.8 Å². The number of halogens is 1. The zero-order valence-electron chi connectivity index (χ0n) is 11.4. The molecule has 0 bridgehead atoms.